The van der Waals surface area contributed by atoms with Crippen LogP contribution in [0.5, 0.6) is 0 Å². The summed E-state index contributed by atoms with van der Waals surface area (Å²) in [5, 5.41) is 24.8. The van der Waals surface area contributed by atoms with Gasteiger partial charge in [0.15, 0.2) is 0 Å². The van der Waals surface area contributed by atoms with Gasteiger partial charge in [0.25, 0.3) is 0 Å². The van der Waals surface area contributed by atoms with E-state index in [4.69, 9.17) is 15.3 Å². The Labute approximate surface area is 135 Å². The Bertz CT molecular complexity index is 197. The van der Waals surface area contributed by atoms with Crippen LogP contribution in [-0.4, -0.2) is 63.2 Å². The summed E-state index contributed by atoms with van der Waals surface area (Å²) in [4.78, 5) is 31.2. The summed E-state index contributed by atoms with van der Waals surface area (Å²) in [7, 11) is 0. The quantitative estimate of drug-likeness (QED) is 0.399. The first-order chi connectivity index (χ1) is 5.91. The number of hydrogen-bond donors (Lipinski definition) is 3. The molecule has 8 nitrogen and oxygen atoms in total. The van der Waals surface area contributed by atoms with Crippen molar-refractivity contribution in [2.45, 2.75) is 0 Å². The molecule has 0 spiro atoms. The van der Waals surface area contributed by atoms with Gasteiger partial charge in [0, 0.05) is 0 Å². The molecule has 0 unspecified atom stereocenters. The molecular formula is C6H11NNa2O7+2. The molecule has 16 heavy (non-hydrogen) atoms. The minimum atomic E-state index is -1.26. The molecule has 0 rings (SSSR count). The van der Waals surface area contributed by atoms with Crippen molar-refractivity contribution in [3.05, 3.63) is 0 Å². The molecule has 10 heteroatoms. The summed E-state index contributed by atoms with van der Waals surface area (Å²) in [5.41, 5.74) is 0. The number of carboxylic acids is 3. The van der Waals surface area contributed by atoms with E-state index in [9.17, 15) is 14.4 Å². The maximum Gasteiger partial charge on any atom is 1.00 e. The first kappa shape index (κ1) is 25.2. The molecule has 0 bridgehead atoms. The molecule has 5 N–H and O–H groups in total. The van der Waals surface area contributed by atoms with Gasteiger partial charge in [-0.05, 0) is 0 Å². The standard InChI is InChI=1S/C6H9NO6.2Na.H2O/c8-4(9)1-7(2-5(10)11)3-6(12)13;;;/h1-3H2,(H,8,9)(H,10,11)(H,12,13);;;1H2/q;2*+1;. The van der Waals surface area contributed by atoms with E-state index in [1.807, 2.05) is 0 Å². The molecule has 0 aliphatic carbocycles. The zero-order valence-corrected chi connectivity index (χ0v) is 13.1. The smallest absolute Gasteiger partial charge is 0.480 e. The predicted octanol–water partition coefficient (Wildman–Crippen LogP) is -8.27. The second kappa shape index (κ2) is 13.4. The Kier molecular flexibility index (Phi) is 21.1. The van der Waals surface area contributed by atoms with Crippen LogP contribution < -0.4 is 59.1 Å². The van der Waals surface area contributed by atoms with Gasteiger partial charge in [-0.3, -0.25) is 19.3 Å². The molecule has 0 aliphatic heterocycles. The van der Waals surface area contributed by atoms with Gasteiger partial charge in [0.05, 0.1) is 19.6 Å². The summed E-state index contributed by atoms with van der Waals surface area (Å²) >= 11 is 0. The van der Waals surface area contributed by atoms with Gasteiger partial charge in [-0.25, -0.2) is 0 Å². The van der Waals surface area contributed by atoms with Crippen molar-refractivity contribution >= 4 is 17.9 Å². The second-order valence-electron chi connectivity index (χ2n) is 2.33. The summed E-state index contributed by atoms with van der Waals surface area (Å²) in [5.74, 6) is -3.78. The van der Waals surface area contributed by atoms with Crippen molar-refractivity contribution in [3.8, 4) is 0 Å². The van der Waals surface area contributed by atoms with Crippen LogP contribution in [0, 0.1) is 0 Å². The summed E-state index contributed by atoms with van der Waals surface area (Å²) in [6, 6.07) is 0. The molecule has 0 radical (unpaired) electrons. The fourth-order valence-corrected chi connectivity index (χ4v) is 0.742. The summed E-state index contributed by atoms with van der Waals surface area (Å²) in [6.45, 7) is -1.80. The van der Waals surface area contributed by atoms with Crippen LogP contribution in [-0.2, 0) is 14.4 Å². The van der Waals surface area contributed by atoms with Crippen molar-refractivity contribution in [1.29, 1.82) is 0 Å². The van der Waals surface area contributed by atoms with Crippen LogP contribution in [0.25, 0.3) is 0 Å². The van der Waals surface area contributed by atoms with Crippen molar-refractivity contribution in [3.63, 3.8) is 0 Å². The van der Waals surface area contributed by atoms with E-state index in [2.05, 4.69) is 0 Å². The zero-order valence-electron chi connectivity index (χ0n) is 9.13. The monoisotopic (exact) mass is 255 g/mol. The Balaban J connectivity index is -0.000000240. The maximum atomic E-state index is 10.1. The van der Waals surface area contributed by atoms with Gasteiger partial charge in [-0.2, -0.15) is 0 Å². The van der Waals surface area contributed by atoms with Gasteiger partial charge in [-0.15, -0.1) is 0 Å². The fourth-order valence-electron chi connectivity index (χ4n) is 0.742. The first-order valence-corrected chi connectivity index (χ1v) is 3.29. The Morgan fingerprint density at radius 3 is 1.06 bits per heavy atom. The van der Waals surface area contributed by atoms with Crippen molar-refractivity contribution in [1.82, 2.24) is 4.90 Å². The van der Waals surface area contributed by atoms with Gasteiger partial charge in [0.1, 0.15) is 0 Å². The third-order valence-corrected chi connectivity index (χ3v) is 1.08. The van der Waals surface area contributed by atoms with Gasteiger partial charge < -0.3 is 20.8 Å². The topological polar surface area (TPSA) is 147 Å². The molecule has 0 fully saturated rings. The molecule has 0 aromatic heterocycles. The van der Waals surface area contributed by atoms with Crippen LogP contribution in [0.2, 0.25) is 0 Å². The minimum absolute atomic E-state index is 0. The van der Waals surface area contributed by atoms with E-state index in [1.165, 1.54) is 0 Å². The van der Waals surface area contributed by atoms with Crippen molar-refractivity contribution < 1.29 is 94.3 Å². The van der Waals surface area contributed by atoms with Crippen LogP contribution >= 0.6 is 0 Å². The molecule has 0 saturated carbocycles. The van der Waals surface area contributed by atoms with E-state index < -0.39 is 37.5 Å². The normalized spacial score (nSPS) is 8.06. The second-order valence-corrected chi connectivity index (χ2v) is 2.33. The average Bonchev–Trinajstić information content (AvgIpc) is 1.80. The SMILES string of the molecule is O.O=C(O)CN(CC(=O)O)CC(=O)O.[Na+].[Na+]. The molecule has 82 valence electrons. The Morgan fingerprint density at radius 2 is 0.938 bits per heavy atom. The van der Waals surface area contributed by atoms with Crippen LogP contribution in [0.3, 0.4) is 0 Å². The fraction of sp³-hybridized carbons (Fsp3) is 0.500. The molecule has 0 atom stereocenters. The number of aliphatic carboxylic acids is 3. The van der Waals surface area contributed by atoms with E-state index in [0.717, 1.165) is 4.90 Å². The molecule has 0 saturated heterocycles. The van der Waals surface area contributed by atoms with Crippen LogP contribution in [0.1, 0.15) is 0 Å². The average molecular weight is 255 g/mol. The maximum absolute atomic E-state index is 10.1. The van der Waals surface area contributed by atoms with E-state index in [-0.39, 0.29) is 64.6 Å². The number of carboxylic acid groups (broad SMARTS) is 3. The van der Waals surface area contributed by atoms with Crippen LogP contribution in [0.15, 0.2) is 0 Å². The van der Waals surface area contributed by atoms with E-state index >= 15 is 0 Å². The molecule has 0 aromatic rings. The number of rotatable bonds is 6. The molecular weight excluding hydrogens is 244 g/mol. The molecule has 0 aromatic carbocycles. The summed E-state index contributed by atoms with van der Waals surface area (Å²) < 4.78 is 0. The molecule has 0 aliphatic rings. The minimum Gasteiger partial charge on any atom is -0.480 e. The van der Waals surface area contributed by atoms with Crippen molar-refractivity contribution in [2.24, 2.45) is 0 Å². The van der Waals surface area contributed by atoms with Crippen LogP contribution in [0.4, 0.5) is 0 Å². The van der Waals surface area contributed by atoms with Gasteiger partial charge in [0.2, 0.25) is 0 Å². The number of carbonyl (C=O) groups is 3. The van der Waals surface area contributed by atoms with E-state index in [1.54, 1.807) is 0 Å². The number of nitrogens with zero attached hydrogens (tertiary/aromatic N) is 1. The predicted molar refractivity (Wildman–Crippen MR) is 43.0 cm³/mol. The van der Waals surface area contributed by atoms with E-state index in [0.29, 0.717) is 0 Å². The molecule has 0 amide bonds. The largest absolute Gasteiger partial charge is 1.00 e. The summed E-state index contributed by atoms with van der Waals surface area (Å²) in [6.07, 6.45) is 0. The van der Waals surface area contributed by atoms with Gasteiger partial charge in [-0.1, -0.05) is 0 Å². The van der Waals surface area contributed by atoms with Gasteiger partial charge >= 0.3 is 77.0 Å². The molecule has 0 heterocycles. The Hall–Kier alpha value is 0.330. The van der Waals surface area contributed by atoms with Crippen molar-refractivity contribution in [2.75, 3.05) is 19.6 Å². The third-order valence-electron chi connectivity index (χ3n) is 1.08. The first-order valence-electron chi connectivity index (χ1n) is 3.29. The Morgan fingerprint density at radius 1 is 0.750 bits per heavy atom. The number of hydrogen-bond acceptors (Lipinski definition) is 4. The third kappa shape index (κ3) is 16.7. The zero-order chi connectivity index (χ0) is 10.4.